The van der Waals surface area contributed by atoms with Crippen molar-refractivity contribution in [1.29, 1.82) is 0 Å². The van der Waals surface area contributed by atoms with Gasteiger partial charge in [0, 0.05) is 6.54 Å². The summed E-state index contributed by atoms with van der Waals surface area (Å²) in [5, 5.41) is 7.75. The molecule has 0 radical (unpaired) electrons. The SMILES string of the molecule is COc1ccccc1N.NCCO. The van der Waals surface area contributed by atoms with Gasteiger partial charge in [-0.3, -0.25) is 0 Å². The van der Waals surface area contributed by atoms with Gasteiger partial charge in [0.2, 0.25) is 0 Å². The van der Waals surface area contributed by atoms with Crippen LogP contribution in [0.3, 0.4) is 0 Å². The summed E-state index contributed by atoms with van der Waals surface area (Å²) >= 11 is 0. The van der Waals surface area contributed by atoms with Crippen molar-refractivity contribution < 1.29 is 9.84 Å². The largest absolute Gasteiger partial charge is 0.495 e. The molecule has 1 aromatic rings. The molecule has 0 fully saturated rings. The molecular formula is C9H16N2O2. The number of aliphatic hydroxyl groups is 1. The molecule has 4 heteroatoms. The van der Waals surface area contributed by atoms with Crippen molar-refractivity contribution in [2.75, 3.05) is 26.0 Å². The zero-order chi connectivity index (χ0) is 10.1. The van der Waals surface area contributed by atoms with Gasteiger partial charge in [0.1, 0.15) is 5.75 Å². The Morgan fingerprint density at radius 2 is 1.92 bits per heavy atom. The Balaban J connectivity index is 0.000000310. The molecule has 0 spiro atoms. The molecule has 74 valence electrons. The first-order valence-corrected chi connectivity index (χ1v) is 3.95. The van der Waals surface area contributed by atoms with Gasteiger partial charge in [0.15, 0.2) is 0 Å². The predicted molar refractivity (Wildman–Crippen MR) is 53.5 cm³/mol. The van der Waals surface area contributed by atoms with Crippen LogP contribution >= 0.6 is 0 Å². The number of ether oxygens (including phenoxy) is 1. The van der Waals surface area contributed by atoms with E-state index < -0.39 is 0 Å². The lowest BCUT2D eigenvalue weighted by Crippen LogP contribution is -2.02. The number of nitrogens with two attached hydrogens (primary N) is 2. The van der Waals surface area contributed by atoms with E-state index in [-0.39, 0.29) is 6.61 Å². The first kappa shape index (κ1) is 11.7. The van der Waals surface area contributed by atoms with Crippen molar-refractivity contribution in [3.05, 3.63) is 24.3 Å². The van der Waals surface area contributed by atoms with Crippen molar-refractivity contribution in [3.63, 3.8) is 0 Å². The van der Waals surface area contributed by atoms with Crippen LogP contribution in [0.25, 0.3) is 0 Å². The molecule has 0 atom stereocenters. The zero-order valence-electron chi connectivity index (χ0n) is 7.73. The standard InChI is InChI=1S/C7H9NO.C2H7NO/c1-9-7-5-3-2-4-6(7)8;3-1-2-4/h2-5H,8H2,1H3;4H,1-3H2. The smallest absolute Gasteiger partial charge is 0.141 e. The number of anilines is 1. The van der Waals surface area contributed by atoms with Crippen LogP contribution in [-0.2, 0) is 0 Å². The third kappa shape index (κ3) is 5.05. The van der Waals surface area contributed by atoms with Gasteiger partial charge in [0.25, 0.3) is 0 Å². The van der Waals surface area contributed by atoms with Crippen LogP contribution in [0.2, 0.25) is 0 Å². The van der Waals surface area contributed by atoms with E-state index in [9.17, 15) is 0 Å². The lowest BCUT2D eigenvalue weighted by Gasteiger charge is -2.00. The minimum Gasteiger partial charge on any atom is -0.495 e. The Labute approximate surface area is 78.1 Å². The van der Waals surface area contributed by atoms with Crippen LogP contribution in [0.15, 0.2) is 24.3 Å². The van der Waals surface area contributed by atoms with Crippen LogP contribution < -0.4 is 16.2 Å². The fourth-order valence-corrected chi connectivity index (χ4v) is 0.666. The number of para-hydroxylation sites is 2. The quantitative estimate of drug-likeness (QED) is 0.574. The molecule has 1 rings (SSSR count). The molecule has 13 heavy (non-hydrogen) atoms. The maximum Gasteiger partial charge on any atom is 0.141 e. The van der Waals surface area contributed by atoms with Crippen LogP contribution in [0.4, 0.5) is 5.69 Å². The summed E-state index contributed by atoms with van der Waals surface area (Å²) in [7, 11) is 1.60. The van der Waals surface area contributed by atoms with Gasteiger partial charge in [-0.1, -0.05) is 12.1 Å². The molecule has 0 aliphatic carbocycles. The lowest BCUT2D eigenvalue weighted by molar-refractivity contribution is 0.306. The summed E-state index contributed by atoms with van der Waals surface area (Å²) in [5.74, 6) is 0.734. The van der Waals surface area contributed by atoms with Crippen molar-refractivity contribution >= 4 is 5.69 Å². The van der Waals surface area contributed by atoms with E-state index in [0.29, 0.717) is 12.2 Å². The Morgan fingerprint density at radius 3 is 2.23 bits per heavy atom. The number of hydrogen-bond donors (Lipinski definition) is 3. The Hall–Kier alpha value is -1.26. The summed E-state index contributed by atoms with van der Waals surface area (Å²) in [5.41, 5.74) is 11.0. The Bertz CT molecular complexity index is 227. The maximum absolute atomic E-state index is 7.75. The molecule has 5 N–H and O–H groups in total. The molecule has 0 bridgehead atoms. The molecule has 0 saturated heterocycles. The predicted octanol–water partition coefficient (Wildman–Crippen LogP) is 0.215. The number of methoxy groups -OCH3 is 1. The molecule has 0 saturated carbocycles. The van der Waals surface area contributed by atoms with Crippen molar-refractivity contribution in [1.82, 2.24) is 0 Å². The number of nitrogen functional groups attached to an aromatic ring is 1. The molecule has 0 amide bonds. The minimum atomic E-state index is 0.0972. The molecule has 0 heterocycles. The summed E-state index contributed by atoms with van der Waals surface area (Å²) in [4.78, 5) is 0. The van der Waals surface area contributed by atoms with Crippen LogP contribution in [0.1, 0.15) is 0 Å². The molecule has 1 aromatic carbocycles. The van der Waals surface area contributed by atoms with E-state index in [0.717, 1.165) is 5.75 Å². The highest BCUT2D eigenvalue weighted by Gasteiger charge is 1.91. The summed E-state index contributed by atoms with van der Waals surface area (Å²) in [6.45, 7) is 0.472. The van der Waals surface area contributed by atoms with Gasteiger partial charge in [-0.05, 0) is 12.1 Å². The van der Waals surface area contributed by atoms with E-state index in [2.05, 4.69) is 0 Å². The minimum absolute atomic E-state index is 0.0972. The highest BCUT2D eigenvalue weighted by atomic mass is 16.5. The summed E-state index contributed by atoms with van der Waals surface area (Å²) in [6, 6.07) is 7.39. The van der Waals surface area contributed by atoms with E-state index in [1.165, 1.54) is 0 Å². The second kappa shape index (κ2) is 7.39. The molecule has 0 aliphatic heterocycles. The van der Waals surface area contributed by atoms with E-state index >= 15 is 0 Å². The fourth-order valence-electron chi connectivity index (χ4n) is 0.666. The van der Waals surface area contributed by atoms with Crippen molar-refractivity contribution in [2.45, 2.75) is 0 Å². The monoisotopic (exact) mass is 184 g/mol. The molecule has 0 aromatic heterocycles. The third-order valence-electron chi connectivity index (χ3n) is 1.27. The first-order valence-electron chi connectivity index (χ1n) is 3.95. The Morgan fingerprint density at radius 1 is 1.38 bits per heavy atom. The lowest BCUT2D eigenvalue weighted by atomic mass is 10.3. The molecule has 4 nitrogen and oxygen atoms in total. The average Bonchev–Trinajstić information content (AvgIpc) is 2.19. The summed E-state index contributed by atoms with van der Waals surface area (Å²) < 4.78 is 4.92. The third-order valence-corrected chi connectivity index (χ3v) is 1.27. The number of aliphatic hydroxyl groups excluding tert-OH is 1. The summed E-state index contributed by atoms with van der Waals surface area (Å²) in [6.07, 6.45) is 0. The van der Waals surface area contributed by atoms with Crippen LogP contribution in [0.5, 0.6) is 5.75 Å². The van der Waals surface area contributed by atoms with E-state index in [1.54, 1.807) is 13.2 Å². The second-order valence-electron chi connectivity index (χ2n) is 2.25. The first-order chi connectivity index (χ1) is 6.26. The molecule has 0 unspecified atom stereocenters. The van der Waals surface area contributed by atoms with Crippen molar-refractivity contribution in [2.24, 2.45) is 5.73 Å². The topological polar surface area (TPSA) is 81.5 Å². The fraction of sp³-hybridized carbons (Fsp3) is 0.333. The van der Waals surface area contributed by atoms with Gasteiger partial charge >= 0.3 is 0 Å². The molecule has 0 aliphatic rings. The second-order valence-corrected chi connectivity index (χ2v) is 2.25. The Kier molecular flexibility index (Phi) is 6.68. The van der Waals surface area contributed by atoms with E-state index in [4.69, 9.17) is 21.3 Å². The van der Waals surface area contributed by atoms with Gasteiger partial charge in [-0.2, -0.15) is 0 Å². The van der Waals surface area contributed by atoms with Gasteiger partial charge in [-0.15, -0.1) is 0 Å². The highest BCUT2D eigenvalue weighted by molar-refractivity contribution is 5.51. The molecular weight excluding hydrogens is 168 g/mol. The zero-order valence-corrected chi connectivity index (χ0v) is 7.73. The van der Waals surface area contributed by atoms with Gasteiger partial charge < -0.3 is 21.3 Å². The highest BCUT2D eigenvalue weighted by Crippen LogP contribution is 2.18. The number of rotatable bonds is 2. The van der Waals surface area contributed by atoms with Gasteiger partial charge in [0.05, 0.1) is 19.4 Å². The maximum atomic E-state index is 7.75. The van der Waals surface area contributed by atoms with Crippen LogP contribution in [0, 0.1) is 0 Å². The van der Waals surface area contributed by atoms with Crippen molar-refractivity contribution in [3.8, 4) is 5.75 Å². The van der Waals surface area contributed by atoms with Crippen LogP contribution in [-0.4, -0.2) is 25.4 Å². The average molecular weight is 184 g/mol. The normalized spacial score (nSPS) is 8.54. The number of benzene rings is 1. The van der Waals surface area contributed by atoms with Gasteiger partial charge in [-0.25, -0.2) is 0 Å². The van der Waals surface area contributed by atoms with E-state index in [1.807, 2.05) is 18.2 Å². The number of hydrogen-bond acceptors (Lipinski definition) is 4.